The van der Waals surface area contributed by atoms with E-state index in [1.807, 2.05) is 24.3 Å². The first-order chi connectivity index (χ1) is 9.19. The van der Waals surface area contributed by atoms with E-state index in [0.29, 0.717) is 6.04 Å². The van der Waals surface area contributed by atoms with Crippen molar-refractivity contribution in [3.8, 4) is 5.75 Å². The molecule has 1 aromatic carbocycles. The van der Waals surface area contributed by atoms with Gasteiger partial charge in [0.25, 0.3) is 5.91 Å². The number of hydrogen-bond donors (Lipinski definition) is 2. The van der Waals surface area contributed by atoms with Crippen LogP contribution in [0.25, 0.3) is 0 Å². The van der Waals surface area contributed by atoms with Crippen molar-refractivity contribution in [1.82, 2.24) is 10.6 Å². The molecule has 0 spiro atoms. The molecule has 2 N–H and O–H groups in total. The molecule has 1 amide bonds. The highest BCUT2D eigenvalue weighted by atomic mass is 16.5. The lowest BCUT2D eigenvalue weighted by molar-refractivity contribution is -0.127. The first-order valence-electron chi connectivity index (χ1n) is 6.95. The van der Waals surface area contributed by atoms with Gasteiger partial charge in [0.15, 0.2) is 6.10 Å². The molecule has 104 valence electrons. The highest BCUT2D eigenvalue weighted by molar-refractivity contribution is 5.81. The van der Waals surface area contributed by atoms with Crippen molar-refractivity contribution in [2.75, 3.05) is 6.54 Å². The van der Waals surface area contributed by atoms with Crippen LogP contribution in [0.15, 0.2) is 24.3 Å². The highest BCUT2D eigenvalue weighted by Crippen LogP contribution is 2.19. The molecule has 0 aromatic heterocycles. The molecule has 0 heterocycles. The normalized spacial score (nSPS) is 15.9. The quantitative estimate of drug-likeness (QED) is 0.788. The summed E-state index contributed by atoms with van der Waals surface area (Å²) in [5, 5.41) is 6.21. The van der Waals surface area contributed by atoms with Crippen molar-refractivity contribution in [2.24, 2.45) is 0 Å². The second-order valence-corrected chi connectivity index (χ2v) is 4.97. The van der Waals surface area contributed by atoms with E-state index in [9.17, 15) is 4.79 Å². The standard InChI is InChI=1S/C15H22N2O2/c1-3-16-10-12-4-8-14(9-5-12)19-11(2)15(18)17-13-6-7-13/h4-5,8-9,11,13,16H,3,6-7,10H2,1-2H3,(H,17,18). The lowest BCUT2D eigenvalue weighted by Crippen LogP contribution is -2.37. The fraction of sp³-hybridized carbons (Fsp3) is 0.533. The summed E-state index contributed by atoms with van der Waals surface area (Å²) in [6, 6.07) is 8.23. The number of rotatable bonds is 7. The lowest BCUT2D eigenvalue weighted by Gasteiger charge is -2.14. The van der Waals surface area contributed by atoms with Crippen molar-refractivity contribution < 1.29 is 9.53 Å². The number of carbonyl (C=O) groups is 1. The Morgan fingerprint density at radius 2 is 2.05 bits per heavy atom. The molecule has 19 heavy (non-hydrogen) atoms. The molecule has 1 aliphatic carbocycles. The smallest absolute Gasteiger partial charge is 0.260 e. The zero-order chi connectivity index (χ0) is 13.7. The summed E-state index contributed by atoms with van der Waals surface area (Å²) in [5.74, 6) is 0.706. The molecule has 1 saturated carbocycles. The van der Waals surface area contributed by atoms with Crippen LogP contribution in [0.2, 0.25) is 0 Å². The van der Waals surface area contributed by atoms with Crippen LogP contribution in [0.5, 0.6) is 5.75 Å². The van der Waals surface area contributed by atoms with Crippen molar-refractivity contribution >= 4 is 5.91 Å². The molecule has 0 saturated heterocycles. The van der Waals surface area contributed by atoms with Gasteiger partial charge in [-0.3, -0.25) is 4.79 Å². The Labute approximate surface area is 114 Å². The molecule has 0 bridgehead atoms. The number of carbonyl (C=O) groups excluding carboxylic acids is 1. The molecule has 1 atom stereocenters. The predicted octanol–water partition coefficient (Wildman–Crippen LogP) is 1.84. The number of ether oxygens (including phenoxy) is 1. The Kier molecular flexibility index (Phi) is 4.80. The van der Waals surface area contributed by atoms with Gasteiger partial charge in [-0.1, -0.05) is 19.1 Å². The summed E-state index contributed by atoms with van der Waals surface area (Å²) < 4.78 is 5.63. The minimum atomic E-state index is -0.444. The molecule has 0 radical (unpaired) electrons. The Morgan fingerprint density at radius 1 is 1.37 bits per heavy atom. The average Bonchev–Trinajstić information content (AvgIpc) is 3.22. The van der Waals surface area contributed by atoms with Crippen LogP contribution in [-0.4, -0.2) is 24.6 Å². The topological polar surface area (TPSA) is 50.4 Å². The molecule has 1 fully saturated rings. The second-order valence-electron chi connectivity index (χ2n) is 4.97. The molecule has 4 heteroatoms. The fourth-order valence-corrected chi connectivity index (χ4v) is 1.76. The van der Waals surface area contributed by atoms with Gasteiger partial charge in [0.2, 0.25) is 0 Å². The average molecular weight is 262 g/mol. The first kappa shape index (κ1) is 13.9. The zero-order valence-corrected chi connectivity index (χ0v) is 11.6. The van der Waals surface area contributed by atoms with Gasteiger partial charge in [-0.25, -0.2) is 0 Å². The Morgan fingerprint density at radius 3 is 2.63 bits per heavy atom. The van der Waals surface area contributed by atoms with Crippen molar-refractivity contribution in [2.45, 2.75) is 45.4 Å². The summed E-state index contributed by atoms with van der Waals surface area (Å²) in [5.41, 5.74) is 1.21. The van der Waals surface area contributed by atoms with Crippen molar-refractivity contribution in [1.29, 1.82) is 0 Å². The fourth-order valence-electron chi connectivity index (χ4n) is 1.76. The maximum Gasteiger partial charge on any atom is 0.260 e. The van der Waals surface area contributed by atoms with Crippen LogP contribution in [0.3, 0.4) is 0 Å². The maximum absolute atomic E-state index is 11.8. The Bertz CT molecular complexity index is 413. The van der Waals surface area contributed by atoms with Gasteiger partial charge in [-0.15, -0.1) is 0 Å². The van der Waals surface area contributed by atoms with Crippen LogP contribution in [0.1, 0.15) is 32.3 Å². The molecule has 1 aromatic rings. The molecule has 0 aliphatic heterocycles. The molecule has 1 unspecified atom stereocenters. The van der Waals surface area contributed by atoms with Crippen LogP contribution in [0, 0.1) is 0 Å². The molecule has 2 rings (SSSR count). The summed E-state index contributed by atoms with van der Waals surface area (Å²) in [6.07, 6.45) is 1.75. The SMILES string of the molecule is CCNCc1ccc(OC(C)C(=O)NC2CC2)cc1. The van der Waals surface area contributed by atoms with E-state index < -0.39 is 6.10 Å². The minimum absolute atomic E-state index is 0.0285. The maximum atomic E-state index is 11.8. The summed E-state index contributed by atoms with van der Waals surface area (Å²) >= 11 is 0. The molecular weight excluding hydrogens is 240 g/mol. The van der Waals surface area contributed by atoms with Gasteiger partial charge in [-0.2, -0.15) is 0 Å². The highest BCUT2D eigenvalue weighted by Gasteiger charge is 2.26. The second kappa shape index (κ2) is 6.57. The van der Waals surface area contributed by atoms with E-state index in [2.05, 4.69) is 17.6 Å². The Hall–Kier alpha value is -1.55. The van der Waals surface area contributed by atoms with Crippen LogP contribution in [0.4, 0.5) is 0 Å². The molecule has 4 nitrogen and oxygen atoms in total. The number of hydrogen-bond acceptors (Lipinski definition) is 3. The van der Waals surface area contributed by atoms with Gasteiger partial charge < -0.3 is 15.4 Å². The Balaban J connectivity index is 1.82. The van der Waals surface area contributed by atoms with E-state index in [0.717, 1.165) is 31.7 Å². The number of benzene rings is 1. The van der Waals surface area contributed by atoms with E-state index >= 15 is 0 Å². The van der Waals surface area contributed by atoms with Crippen LogP contribution >= 0.6 is 0 Å². The number of amides is 1. The van der Waals surface area contributed by atoms with E-state index in [1.165, 1.54) is 5.56 Å². The number of nitrogens with one attached hydrogen (secondary N) is 2. The third-order valence-corrected chi connectivity index (χ3v) is 3.11. The summed E-state index contributed by atoms with van der Waals surface area (Å²) in [7, 11) is 0. The minimum Gasteiger partial charge on any atom is -0.481 e. The third kappa shape index (κ3) is 4.56. The summed E-state index contributed by atoms with van der Waals surface area (Å²) in [4.78, 5) is 11.8. The largest absolute Gasteiger partial charge is 0.481 e. The zero-order valence-electron chi connectivity index (χ0n) is 11.6. The summed E-state index contributed by atoms with van der Waals surface area (Å²) in [6.45, 7) is 5.67. The van der Waals surface area contributed by atoms with Gasteiger partial charge in [-0.05, 0) is 44.0 Å². The van der Waals surface area contributed by atoms with Gasteiger partial charge >= 0.3 is 0 Å². The van der Waals surface area contributed by atoms with E-state index in [4.69, 9.17) is 4.74 Å². The lowest BCUT2D eigenvalue weighted by atomic mass is 10.2. The van der Waals surface area contributed by atoms with Crippen molar-refractivity contribution in [3.63, 3.8) is 0 Å². The van der Waals surface area contributed by atoms with Crippen molar-refractivity contribution in [3.05, 3.63) is 29.8 Å². The predicted molar refractivity (Wildman–Crippen MR) is 75.1 cm³/mol. The van der Waals surface area contributed by atoms with E-state index in [-0.39, 0.29) is 5.91 Å². The van der Waals surface area contributed by atoms with Gasteiger partial charge in [0.1, 0.15) is 5.75 Å². The van der Waals surface area contributed by atoms with Crippen LogP contribution in [-0.2, 0) is 11.3 Å². The third-order valence-electron chi connectivity index (χ3n) is 3.11. The first-order valence-corrected chi connectivity index (χ1v) is 6.95. The van der Waals surface area contributed by atoms with Gasteiger partial charge in [0.05, 0.1) is 0 Å². The molecule has 1 aliphatic rings. The van der Waals surface area contributed by atoms with Crippen LogP contribution < -0.4 is 15.4 Å². The monoisotopic (exact) mass is 262 g/mol. The molecular formula is C15H22N2O2. The van der Waals surface area contributed by atoms with E-state index in [1.54, 1.807) is 6.92 Å². The van der Waals surface area contributed by atoms with Gasteiger partial charge in [0, 0.05) is 12.6 Å².